The summed E-state index contributed by atoms with van der Waals surface area (Å²) in [5.74, 6) is 0.632. The molecule has 2 heteroatoms. The number of aryl methyl sites for hydroxylation is 1. The van der Waals surface area contributed by atoms with Crippen molar-refractivity contribution in [1.82, 2.24) is 2.78 Å². The second kappa shape index (κ2) is 3.61. The largest absolute Gasteiger partial charge is 0.294 e. The Morgan fingerprint density at radius 3 is 2.45 bits per heavy atom. The zero-order valence-corrected chi connectivity index (χ0v) is 9.42. The molecule has 11 heavy (non-hydrogen) atoms. The molecule has 0 unspecified atom stereocenters. The molecule has 1 aromatic heterocycles. The molecular weight excluding hydrogens is 249 g/mol. The van der Waals surface area contributed by atoms with Crippen LogP contribution in [0.15, 0.2) is 12.3 Å². The van der Waals surface area contributed by atoms with Gasteiger partial charge < -0.3 is 0 Å². The number of hydrogen-bond acceptors (Lipinski definition) is 0. The quantitative estimate of drug-likeness (QED) is 0.721. The molecule has 0 amide bonds. The maximum Gasteiger partial charge on any atom is 0.0637 e. The maximum absolute atomic E-state index is 2.34. The normalized spacial score (nSPS) is 11.0. The van der Waals surface area contributed by atoms with Gasteiger partial charge in [0.15, 0.2) is 0 Å². The molecule has 1 nitrogen and oxygen atoms in total. The number of aromatic nitrogens is 1. The first-order valence-electron chi connectivity index (χ1n) is 4.02. The molecule has 1 heterocycles. The molecule has 0 aliphatic carbocycles. The molecule has 0 aromatic carbocycles. The summed E-state index contributed by atoms with van der Waals surface area (Å²) in [7, 11) is 0. The van der Waals surface area contributed by atoms with Crippen molar-refractivity contribution in [3.63, 3.8) is 0 Å². The molecule has 0 bridgehead atoms. The van der Waals surface area contributed by atoms with Gasteiger partial charge in [0.1, 0.15) is 0 Å². The topological polar surface area (TPSA) is 4.93 Å². The fourth-order valence-corrected chi connectivity index (χ4v) is 2.17. The highest BCUT2D eigenvalue weighted by Gasteiger charge is 2.05. The molecule has 62 valence electrons. The van der Waals surface area contributed by atoms with Gasteiger partial charge in [0, 0.05) is 11.9 Å². The number of rotatable bonds is 2. The molecule has 1 rings (SSSR count). The van der Waals surface area contributed by atoms with E-state index in [9.17, 15) is 0 Å². The van der Waals surface area contributed by atoms with Gasteiger partial charge in [-0.1, -0.05) is 20.8 Å². The maximum atomic E-state index is 2.34. The van der Waals surface area contributed by atoms with Crippen LogP contribution in [0, 0.1) is 0 Å². The van der Waals surface area contributed by atoms with E-state index in [0.717, 1.165) is 6.42 Å². The zero-order chi connectivity index (χ0) is 8.43. The van der Waals surface area contributed by atoms with Crippen molar-refractivity contribution in [2.24, 2.45) is 0 Å². The number of hydrogen-bond donors (Lipinski definition) is 0. The molecule has 0 atom stereocenters. The SMILES string of the molecule is CCc1cc(C(C)C)n(I)c1. The summed E-state index contributed by atoms with van der Waals surface area (Å²) in [5, 5.41) is 0. The van der Waals surface area contributed by atoms with Crippen LogP contribution in [0.4, 0.5) is 0 Å². The average Bonchev–Trinajstić information content (AvgIpc) is 2.30. The lowest BCUT2D eigenvalue weighted by molar-refractivity contribution is 0.827. The lowest BCUT2D eigenvalue weighted by atomic mass is 10.1. The van der Waals surface area contributed by atoms with Crippen molar-refractivity contribution in [2.45, 2.75) is 33.1 Å². The Kier molecular flexibility index (Phi) is 2.98. The minimum Gasteiger partial charge on any atom is -0.294 e. The van der Waals surface area contributed by atoms with Crippen LogP contribution in [0.3, 0.4) is 0 Å². The molecule has 0 fully saturated rings. The van der Waals surface area contributed by atoms with E-state index < -0.39 is 0 Å². The second-order valence-electron chi connectivity index (χ2n) is 3.09. The lowest BCUT2D eigenvalue weighted by Gasteiger charge is -2.02. The van der Waals surface area contributed by atoms with E-state index in [-0.39, 0.29) is 0 Å². The van der Waals surface area contributed by atoms with E-state index in [1.807, 2.05) is 0 Å². The van der Waals surface area contributed by atoms with Crippen LogP contribution < -0.4 is 0 Å². The minimum atomic E-state index is 0.632. The summed E-state index contributed by atoms with van der Waals surface area (Å²) in [4.78, 5) is 0. The lowest BCUT2D eigenvalue weighted by Crippen LogP contribution is -1.90. The summed E-state index contributed by atoms with van der Waals surface area (Å²) in [6.45, 7) is 6.64. The van der Waals surface area contributed by atoms with Crippen LogP contribution in [-0.2, 0) is 6.42 Å². The Morgan fingerprint density at radius 1 is 1.55 bits per heavy atom. The minimum absolute atomic E-state index is 0.632. The van der Waals surface area contributed by atoms with Crippen LogP contribution in [0.2, 0.25) is 0 Å². The molecule has 1 aromatic rings. The molecule has 0 radical (unpaired) electrons. The van der Waals surface area contributed by atoms with Crippen molar-refractivity contribution in [2.75, 3.05) is 0 Å². The van der Waals surface area contributed by atoms with Crippen LogP contribution in [0.5, 0.6) is 0 Å². The van der Waals surface area contributed by atoms with Crippen molar-refractivity contribution in [1.29, 1.82) is 0 Å². The summed E-state index contributed by atoms with van der Waals surface area (Å²) in [5.41, 5.74) is 2.85. The fourth-order valence-electron chi connectivity index (χ4n) is 1.12. The zero-order valence-electron chi connectivity index (χ0n) is 7.26. The first kappa shape index (κ1) is 9.10. The van der Waals surface area contributed by atoms with Gasteiger partial charge in [-0.05, 0) is 24.0 Å². The van der Waals surface area contributed by atoms with Gasteiger partial charge in [0.2, 0.25) is 0 Å². The molecule has 0 saturated heterocycles. The van der Waals surface area contributed by atoms with Gasteiger partial charge in [-0.3, -0.25) is 2.78 Å². The van der Waals surface area contributed by atoms with Gasteiger partial charge >= 0.3 is 0 Å². The predicted molar refractivity (Wildman–Crippen MR) is 57.3 cm³/mol. The summed E-state index contributed by atoms with van der Waals surface area (Å²) < 4.78 is 2.20. The van der Waals surface area contributed by atoms with E-state index in [4.69, 9.17) is 0 Å². The Hall–Kier alpha value is 0.01000. The van der Waals surface area contributed by atoms with Gasteiger partial charge in [-0.2, -0.15) is 0 Å². The third-order valence-electron chi connectivity index (χ3n) is 1.86. The van der Waals surface area contributed by atoms with E-state index in [0.29, 0.717) is 5.92 Å². The Balaban J connectivity index is 2.97. The van der Waals surface area contributed by atoms with E-state index in [1.54, 1.807) is 0 Å². The van der Waals surface area contributed by atoms with Crippen molar-refractivity contribution in [3.05, 3.63) is 23.5 Å². The van der Waals surface area contributed by atoms with Crippen LogP contribution in [-0.4, -0.2) is 2.78 Å². The van der Waals surface area contributed by atoms with Gasteiger partial charge in [0.25, 0.3) is 0 Å². The molecule has 0 N–H and O–H groups in total. The Morgan fingerprint density at radius 2 is 2.18 bits per heavy atom. The first-order chi connectivity index (χ1) is 5.15. The Bertz CT molecular complexity index is 238. The van der Waals surface area contributed by atoms with Crippen molar-refractivity contribution < 1.29 is 0 Å². The Labute approximate surface area is 82.3 Å². The molecule has 0 spiro atoms. The summed E-state index contributed by atoms with van der Waals surface area (Å²) >= 11 is 2.34. The van der Waals surface area contributed by atoms with E-state index >= 15 is 0 Å². The smallest absolute Gasteiger partial charge is 0.0637 e. The third-order valence-corrected chi connectivity index (χ3v) is 2.69. The highest BCUT2D eigenvalue weighted by molar-refractivity contribution is 14.1. The number of nitrogens with zero attached hydrogens (tertiary/aromatic N) is 1. The summed E-state index contributed by atoms with van der Waals surface area (Å²) in [6.07, 6.45) is 3.34. The average molecular weight is 263 g/mol. The van der Waals surface area contributed by atoms with Crippen LogP contribution >= 0.6 is 22.9 Å². The fraction of sp³-hybridized carbons (Fsp3) is 0.556. The first-order valence-corrected chi connectivity index (χ1v) is 4.99. The molecular formula is C9H14IN. The standard InChI is InChI=1S/C9H14IN/c1-4-8-5-9(7(2)3)11(10)6-8/h5-7H,4H2,1-3H3. The third kappa shape index (κ3) is 1.98. The molecule has 0 aliphatic heterocycles. The summed E-state index contributed by atoms with van der Waals surface area (Å²) in [6, 6.07) is 2.29. The van der Waals surface area contributed by atoms with Crippen LogP contribution in [0.25, 0.3) is 0 Å². The van der Waals surface area contributed by atoms with Crippen molar-refractivity contribution in [3.8, 4) is 0 Å². The second-order valence-corrected chi connectivity index (χ2v) is 4.13. The highest BCUT2D eigenvalue weighted by Crippen LogP contribution is 2.20. The predicted octanol–water partition coefficient (Wildman–Crippen LogP) is 3.37. The van der Waals surface area contributed by atoms with E-state index in [1.165, 1.54) is 11.3 Å². The van der Waals surface area contributed by atoms with Gasteiger partial charge in [-0.25, -0.2) is 0 Å². The highest BCUT2D eigenvalue weighted by atomic mass is 127. The van der Waals surface area contributed by atoms with Gasteiger partial charge in [0.05, 0.1) is 22.9 Å². The molecule has 0 saturated carbocycles. The van der Waals surface area contributed by atoms with Crippen molar-refractivity contribution >= 4 is 22.9 Å². The van der Waals surface area contributed by atoms with E-state index in [2.05, 4.69) is 58.7 Å². The van der Waals surface area contributed by atoms with Crippen LogP contribution in [0.1, 0.15) is 37.9 Å². The number of halogens is 1. The monoisotopic (exact) mass is 263 g/mol. The van der Waals surface area contributed by atoms with Gasteiger partial charge in [-0.15, -0.1) is 0 Å². The molecule has 0 aliphatic rings.